The molecule has 2 aliphatic rings. The minimum atomic E-state index is 0.0175. The highest BCUT2D eigenvalue weighted by molar-refractivity contribution is 5.82. The van der Waals surface area contributed by atoms with Crippen molar-refractivity contribution < 1.29 is 4.79 Å². The van der Waals surface area contributed by atoms with Gasteiger partial charge in [0.1, 0.15) is 5.82 Å². The van der Waals surface area contributed by atoms with Crippen molar-refractivity contribution >= 4 is 11.7 Å². The van der Waals surface area contributed by atoms with Crippen LogP contribution >= 0.6 is 0 Å². The van der Waals surface area contributed by atoms with E-state index in [1.165, 1.54) is 25.7 Å². The minimum Gasteiger partial charge on any atom is -0.356 e. The number of hydrogen-bond acceptors (Lipinski definition) is 4. The third kappa shape index (κ3) is 4.51. The van der Waals surface area contributed by atoms with Gasteiger partial charge in [0.2, 0.25) is 5.91 Å². The third-order valence-electron chi connectivity index (χ3n) is 5.49. The van der Waals surface area contributed by atoms with Crippen LogP contribution < -0.4 is 10.2 Å². The Hall–Kier alpha value is -1.62. The van der Waals surface area contributed by atoms with E-state index in [0.717, 1.165) is 43.9 Å². The number of anilines is 1. The Morgan fingerprint density at radius 2 is 1.96 bits per heavy atom. The summed E-state index contributed by atoms with van der Waals surface area (Å²) in [6.07, 6.45) is 8.94. The minimum absolute atomic E-state index is 0.0175. The highest BCUT2D eigenvalue weighted by atomic mass is 16.2. The topological polar surface area (TPSA) is 48.5 Å². The van der Waals surface area contributed by atoms with E-state index in [-0.39, 0.29) is 11.9 Å². The fourth-order valence-electron chi connectivity index (χ4n) is 4.11. The van der Waals surface area contributed by atoms with Crippen molar-refractivity contribution in [2.75, 3.05) is 24.5 Å². The van der Waals surface area contributed by atoms with E-state index in [2.05, 4.69) is 40.0 Å². The molecule has 0 aromatic carbocycles. The predicted molar refractivity (Wildman–Crippen MR) is 102 cm³/mol. The highest BCUT2D eigenvalue weighted by Gasteiger charge is 2.30. The molecule has 0 aliphatic carbocycles. The number of nitrogens with one attached hydrogen (secondary N) is 1. The number of likely N-dealkylation sites (tertiary alicyclic amines) is 1. The van der Waals surface area contributed by atoms with E-state index < -0.39 is 0 Å². The predicted octanol–water partition coefficient (Wildman–Crippen LogP) is 2.95. The number of aromatic nitrogens is 1. The lowest BCUT2D eigenvalue weighted by molar-refractivity contribution is -0.128. The number of carbonyl (C=O) groups is 1. The van der Waals surface area contributed by atoms with Gasteiger partial charge in [-0.25, -0.2) is 4.98 Å². The first-order valence-corrected chi connectivity index (χ1v) is 9.89. The molecule has 0 radical (unpaired) electrons. The second-order valence-corrected chi connectivity index (χ2v) is 7.59. The van der Waals surface area contributed by atoms with Crippen molar-refractivity contribution in [2.24, 2.45) is 0 Å². The van der Waals surface area contributed by atoms with Crippen LogP contribution in [0.15, 0.2) is 18.3 Å². The van der Waals surface area contributed by atoms with Gasteiger partial charge >= 0.3 is 0 Å². The zero-order chi connectivity index (χ0) is 17.6. The van der Waals surface area contributed by atoms with Crippen molar-refractivity contribution in [2.45, 2.75) is 71.0 Å². The van der Waals surface area contributed by atoms with E-state index in [1.807, 2.05) is 12.3 Å². The molecule has 2 aliphatic heterocycles. The van der Waals surface area contributed by atoms with Gasteiger partial charge in [-0.2, -0.15) is 0 Å². The maximum absolute atomic E-state index is 12.8. The van der Waals surface area contributed by atoms with Crippen molar-refractivity contribution in [1.82, 2.24) is 15.2 Å². The van der Waals surface area contributed by atoms with Gasteiger partial charge in [-0.15, -0.1) is 0 Å². The summed E-state index contributed by atoms with van der Waals surface area (Å²) in [5.74, 6) is 1.22. The fraction of sp³-hybridized carbons (Fsp3) is 0.700. The smallest absolute Gasteiger partial charge is 0.237 e. The van der Waals surface area contributed by atoms with Gasteiger partial charge in [0.25, 0.3) is 0 Å². The molecule has 1 aromatic rings. The largest absolute Gasteiger partial charge is 0.356 e. The van der Waals surface area contributed by atoms with Crippen LogP contribution in [0.5, 0.6) is 0 Å². The molecule has 0 saturated carbocycles. The molecule has 1 N–H and O–H groups in total. The lowest BCUT2D eigenvalue weighted by Gasteiger charge is -2.37. The number of rotatable bonds is 5. The van der Waals surface area contributed by atoms with E-state index >= 15 is 0 Å². The van der Waals surface area contributed by atoms with Crippen LogP contribution in [0.4, 0.5) is 5.82 Å². The van der Waals surface area contributed by atoms with Crippen LogP contribution in [-0.4, -0.2) is 47.5 Å². The molecule has 1 atom stereocenters. The monoisotopic (exact) mass is 344 g/mol. The molecule has 2 fully saturated rings. The van der Waals surface area contributed by atoms with Crippen LogP contribution in [0.25, 0.3) is 0 Å². The van der Waals surface area contributed by atoms with Crippen LogP contribution in [-0.2, 0) is 11.3 Å². The second kappa shape index (κ2) is 8.65. The van der Waals surface area contributed by atoms with E-state index in [1.54, 1.807) is 0 Å². The van der Waals surface area contributed by atoms with Gasteiger partial charge in [-0.3, -0.25) is 9.69 Å². The van der Waals surface area contributed by atoms with Gasteiger partial charge in [0.15, 0.2) is 0 Å². The van der Waals surface area contributed by atoms with Gasteiger partial charge in [-0.1, -0.05) is 12.5 Å². The number of hydrogen-bond donors (Lipinski definition) is 1. The summed E-state index contributed by atoms with van der Waals surface area (Å²) in [6, 6.07) is 4.50. The SMILES string of the molecule is CC(C)N1CCCC[C@@H]1C(=O)NCc1cccnc1N1CCCCC1. The maximum Gasteiger partial charge on any atom is 0.237 e. The summed E-state index contributed by atoms with van der Waals surface area (Å²) in [4.78, 5) is 22.1. The van der Waals surface area contributed by atoms with Crippen LogP contribution in [0.2, 0.25) is 0 Å². The molecule has 0 unspecified atom stereocenters. The van der Waals surface area contributed by atoms with E-state index in [4.69, 9.17) is 0 Å². The number of carbonyl (C=O) groups excluding carboxylic acids is 1. The van der Waals surface area contributed by atoms with Crippen molar-refractivity contribution in [3.05, 3.63) is 23.9 Å². The van der Waals surface area contributed by atoms with Crippen LogP contribution in [0.3, 0.4) is 0 Å². The Morgan fingerprint density at radius 3 is 2.72 bits per heavy atom. The maximum atomic E-state index is 12.8. The average molecular weight is 345 g/mol. The normalized spacial score (nSPS) is 22.2. The number of nitrogens with zero attached hydrogens (tertiary/aromatic N) is 3. The zero-order valence-electron chi connectivity index (χ0n) is 15.7. The molecule has 3 rings (SSSR count). The quantitative estimate of drug-likeness (QED) is 0.892. The van der Waals surface area contributed by atoms with Crippen molar-refractivity contribution in [3.63, 3.8) is 0 Å². The van der Waals surface area contributed by atoms with Gasteiger partial charge in [-0.05, 0) is 58.6 Å². The zero-order valence-corrected chi connectivity index (χ0v) is 15.7. The second-order valence-electron chi connectivity index (χ2n) is 7.59. The molecule has 25 heavy (non-hydrogen) atoms. The average Bonchev–Trinajstić information content (AvgIpc) is 2.67. The first kappa shape index (κ1) is 18.2. The molecule has 3 heterocycles. The molecule has 0 spiro atoms. The lowest BCUT2D eigenvalue weighted by Crippen LogP contribution is -2.51. The highest BCUT2D eigenvalue weighted by Crippen LogP contribution is 2.23. The van der Waals surface area contributed by atoms with Gasteiger partial charge in [0, 0.05) is 37.4 Å². The lowest BCUT2D eigenvalue weighted by atomic mass is 9.99. The summed E-state index contributed by atoms with van der Waals surface area (Å²) in [5.41, 5.74) is 1.13. The summed E-state index contributed by atoms with van der Waals surface area (Å²) in [6.45, 7) is 8.11. The molecule has 5 heteroatoms. The molecular weight excluding hydrogens is 312 g/mol. The molecule has 2 saturated heterocycles. The van der Waals surface area contributed by atoms with E-state index in [9.17, 15) is 4.79 Å². The Bertz CT molecular complexity index is 569. The Kier molecular flexibility index (Phi) is 6.29. The summed E-state index contributed by atoms with van der Waals surface area (Å²) < 4.78 is 0. The Balaban J connectivity index is 1.64. The summed E-state index contributed by atoms with van der Waals surface area (Å²) >= 11 is 0. The molecule has 1 aromatic heterocycles. The molecule has 5 nitrogen and oxygen atoms in total. The molecule has 0 bridgehead atoms. The van der Waals surface area contributed by atoms with Gasteiger partial charge in [0.05, 0.1) is 6.04 Å². The number of pyridine rings is 1. The Labute approximate surface area is 151 Å². The first-order chi connectivity index (χ1) is 12.2. The van der Waals surface area contributed by atoms with Crippen LogP contribution in [0, 0.1) is 0 Å². The summed E-state index contributed by atoms with van der Waals surface area (Å²) in [7, 11) is 0. The first-order valence-electron chi connectivity index (χ1n) is 9.89. The van der Waals surface area contributed by atoms with Crippen molar-refractivity contribution in [3.8, 4) is 0 Å². The van der Waals surface area contributed by atoms with Crippen molar-refractivity contribution in [1.29, 1.82) is 0 Å². The molecule has 1 amide bonds. The standard InChI is InChI=1S/C20H32N4O/c1-16(2)24-14-7-4-10-18(24)20(25)22-15-17-9-8-11-21-19(17)23-12-5-3-6-13-23/h8-9,11,16,18H,3-7,10,12-15H2,1-2H3,(H,22,25)/t18-/m1/s1. The third-order valence-corrected chi connectivity index (χ3v) is 5.49. The van der Waals surface area contributed by atoms with Gasteiger partial charge < -0.3 is 10.2 Å². The molecular formula is C20H32N4O. The fourth-order valence-corrected chi connectivity index (χ4v) is 4.11. The summed E-state index contributed by atoms with van der Waals surface area (Å²) in [5, 5.41) is 3.19. The van der Waals surface area contributed by atoms with Crippen LogP contribution in [0.1, 0.15) is 57.9 Å². The number of piperidine rings is 2. The molecule has 138 valence electrons. The van der Waals surface area contributed by atoms with E-state index in [0.29, 0.717) is 12.6 Å². The Morgan fingerprint density at radius 1 is 1.20 bits per heavy atom. The number of amides is 1.